The van der Waals surface area contributed by atoms with E-state index in [1.165, 1.54) is 43.5 Å². The van der Waals surface area contributed by atoms with Crippen molar-refractivity contribution in [1.29, 1.82) is 0 Å². The lowest BCUT2D eigenvalue weighted by atomic mass is 9.90. The van der Waals surface area contributed by atoms with Gasteiger partial charge in [0, 0.05) is 12.5 Å². The second-order valence-corrected chi connectivity index (χ2v) is 6.64. The second kappa shape index (κ2) is 4.46. The highest BCUT2D eigenvalue weighted by atomic mass is 32.1. The quantitative estimate of drug-likeness (QED) is 0.823. The van der Waals surface area contributed by atoms with Crippen molar-refractivity contribution in [2.45, 2.75) is 56.6 Å². The number of hydrogen-bond donors (Lipinski definition) is 0. The van der Waals surface area contributed by atoms with Gasteiger partial charge in [-0.3, -0.25) is 0 Å². The van der Waals surface area contributed by atoms with E-state index in [1.54, 1.807) is 0 Å². The van der Waals surface area contributed by atoms with Crippen LogP contribution >= 0.6 is 11.3 Å². The van der Waals surface area contributed by atoms with E-state index in [4.69, 9.17) is 4.74 Å². The molecule has 1 aliphatic heterocycles. The highest BCUT2D eigenvalue weighted by Crippen LogP contribution is 2.43. The van der Waals surface area contributed by atoms with E-state index in [1.807, 2.05) is 11.3 Å². The Morgan fingerprint density at radius 2 is 2.00 bits per heavy atom. The molecule has 0 N–H and O–H groups in total. The number of aromatic nitrogens is 2. The molecule has 2 aliphatic carbocycles. The summed E-state index contributed by atoms with van der Waals surface area (Å²) in [5, 5.41) is 11.2. The zero-order chi connectivity index (χ0) is 11.9. The molecule has 0 spiro atoms. The van der Waals surface area contributed by atoms with Crippen molar-refractivity contribution in [3.63, 3.8) is 0 Å². The van der Waals surface area contributed by atoms with Crippen LogP contribution < -0.4 is 4.90 Å². The normalized spacial score (nSPS) is 32.3. The lowest BCUT2D eigenvalue weighted by Gasteiger charge is -2.43. The third-order valence-electron chi connectivity index (χ3n) is 4.33. The van der Waals surface area contributed by atoms with E-state index >= 15 is 0 Å². The van der Waals surface area contributed by atoms with Gasteiger partial charge in [-0.05, 0) is 25.7 Å². The van der Waals surface area contributed by atoms with Crippen molar-refractivity contribution >= 4 is 16.5 Å². The van der Waals surface area contributed by atoms with Gasteiger partial charge < -0.3 is 9.64 Å². The highest BCUT2D eigenvalue weighted by Gasteiger charge is 2.36. The zero-order valence-corrected chi connectivity index (χ0v) is 11.4. The van der Waals surface area contributed by atoms with Gasteiger partial charge in [-0.15, -0.1) is 10.2 Å². The summed E-state index contributed by atoms with van der Waals surface area (Å²) in [4.78, 5) is 2.47. The van der Waals surface area contributed by atoms with E-state index in [0.29, 0.717) is 12.1 Å². The minimum Gasteiger partial charge on any atom is -0.374 e. The number of morpholine rings is 1. The molecule has 0 unspecified atom stereocenters. The molecule has 0 bridgehead atoms. The third-order valence-corrected chi connectivity index (χ3v) is 5.46. The van der Waals surface area contributed by atoms with Crippen molar-refractivity contribution in [2.24, 2.45) is 0 Å². The fourth-order valence-electron chi connectivity index (χ4n) is 3.17. The summed E-state index contributed by atoms with van der Waals surface area (Å²) in [6.07, 6.45) is 8.17. The second-order valence-electron chi connectivity index (χ2n) is 5.65. The fraction of sp³-hybridized carbons (Fsp3) is 0.846. The van der Waals surface area contributed by atoms with Crippen LogP contribution in [-0.2, 0) is 4.74 Å². The molecule has 0 amide bonds. The number of nitrogens with zero attached hydrogens (tertiary/aromatic N) is 3. The zero-order valence-electron chi connectivity index (χ0n) is 10.5. The van der Waals surface area contributed by atoms with Crippen molar-refractivity contribution in [1.82, 2.24) is 10.2 Å². The molecule has 98 valence electrons. The Bertz CT molecular complexity index is 430. The van der Waals surface area contributed by atoms with E-state index < -0.39 is 0 Å². The highest BCUT2D eigenvalue weighted by molar-refractivity contribution is 7.15. The lowest BCUT2D eigenvalue weighted by molar-refractivity contribution is -0.00873. The van der Waals surface area contributed by atoms with E-state index in [0.717, 1.165) is 24.2 Å². The van der Waals surface area contributed by atoms with Gasteiger partial charge in [0.1, 0.15) is 5.01 Å². The molecule has 1 saturated heterocycles. The monoisotopic (exact) mass is 265 g/mol. The maximum atomic E-state index is 5.91. The average molecular weight is 265 g/mol. The molecule has 4 rings (SSSR count). The summed E-state index contributed by atoms with van der Waals surface area (Å²) < 4.78 is 5.91. The molecule has 1 aromatic rings. The Labute approximate surface area is 111 Å². The van der Waals surface area contributed by atoms with Gasteiger partial charge in [-0.2, -0.15) is 0 Å². The van der Waals surface area contributed by atoms with Crippen LogP contribution in [0.4, 0.5) is 5.13 Å². The molecule has 4 nitrogen and oxygen atoms in total. The van der Waals surface area contributed by atoms with Crippen LogP contribution in [0.3, 0.4) is 0 Å². The summed E-state index contributed by atoms with van der Waals surface area (Å²) in [5.74, 6) is 0.722. The molecule has 5 heteroatoms. The van der Waals surface area contributed by atoms with Crippen molar-refractivity contribution in [2.75, 3.05) is 18.1 Å². The molecular formula is C13H19N3OS. The Morgan fingerprint density at radius 1 is 1.11 bits per heavy atom. The maximum absolute atomic E-state index is 5.91. The number of hydrogen-bond acceptors (Lipinski definition) is 5. The minimum absolute atomic E-state index is 0.431. The minimum atomic E-state index is 0.431. The van der Waals surface area contributed by atoms with Crippen LogP contribution in [0.25, 0.3) is 0 Å². The molecule has 3 aliphatic rings. The summed E-state index contributed by atoms with van der Waals surface area (Å²) in [6, 6.07) is 0.549. The molecule has 1 aromatic heterocycles. The van der Waals surface area contributed by atoms with Crippen molar-refractivity contribution < 1.29 is 4.74 Å². The van der Waals surface area contributed by atoms with Crippen LogP contribution in [0.15, 0.2) is 0 Å². The molecule has 2 heterocycles. The average Bonchev–Trinajstić information content (AvgIpc) is 3.16. The van der Waals surface area contributed by atoms with Crippen molar-refractivity contribution in [3.05, 3.63) is 5.01 Å². The first-order chi connectivity index (χ1) is 8.92. The Morgan fingerprint density at radius 3 is 2.89 bits per heavy atom. The van der Waals surface area contributed by atoms with E-state index in [2.05, 4.69) is 15.1 Å². The summed E-state index contributed by atoms with van der Waals surface area (Å²) >= 11 is 1.81. The lowest BCUT2D eigenvalue weighted by Crippen LogP contribution is -2.52. The van der Waals surface area contributed by atoms with Gasteiger partial charge in [-0.25, -0.2) is 0 Å². The molecule has 2 saturated carbocycles. The first kappa shape index (κ1) is 11.2. The van der Waals surface area contributed by atoms with Crippen LogP contribution in [0.5, 0.6) is 0 Å². The van der Waals surface area contributed by atoms with Gasteiger partial charge in [0.2, 0.25) is 5.13 Å². The predicted octanol–water partition coefficient (Wildman–Crippen LogP) is 2.56. The van der Waals surface area contributed by atoms with Crippen LogP contribution in [0, 0.1) is 0 Å². The molecule has 18 heavy (non-hydrogen) atoms. The van der Waals surface area contributed by atoms with Crippen LogP contribution in [0.2, 0.25) is 0 Å². The largest absolute Gasteiger partial charge is 0.374 e. The number of rotatable bonds is 2. The smallest absolute Gasteiger partial charge is 0.208 e. The van der Waals surface area contributed by atoms with Crippen LogP contribution in [0.1, 0.15) is 49.5 Å². The van der Waals surface area contributed by atoms with Gasteiger partial charge >= 0.3 is 0 Å². The summed E-state index contributed by atoms with van der Waals surface area (Å²) in [7, 11) is 0. The molecule has 3 fully saturated rings. The topological polar surface area (TPSA) is 38.2 Å². The first-order valence-electron chi connectivity index (χ1n) is 7.13. The molecule has 2 atom stereocenters. The van der Waals surface area contributed by atoms with Gasteiger partial charge in [0.05, 0.1) is 18.8 Å². The summed E-state index contributed by atoms with van der Waals surface area (Å²) in [6.45, 7) is 1.83. The fourth-order valence-corrected chi connectivity index (χ4v) is 4.27. The molecule has 0 aromatic carbocycles. The maximum Gasteiger partial charge on any atom is 0.208 e. The Kier molecular flexibility index (Phi) is 2.77. The Balaban J connectivity index is 1.57. The predicted molar refractivity (Wildman–Crippen MR) is 71.2 cm³/mol. The van der Waals surface area contributed by atoms with E-state index in [-0.39, 0.29) is 0 Å². The number of fused-ring (bicyclic) bond motifs is 1. The third kappa shape index (κ3) is 1.93. The number of anilines is 1. The number of ether oxygens (including phenoxy) is 1. The summed E-state index contributed by atoms with van der Waals surface area (Å²) in [5.41, 5.74) is 0. The van der Waals surface area contributed by atoms with E-state index in [9.17, 15) is 0 Å². The first-order valence-corrected chi connectivity index (χ1v) is 7.95. The van der Waals surface area contributed by atoms with Gasteiger partial charge in [-0.1, -0.05) is 24.2 Å². The SMILES string of the molecule is C1CC[C@H]2OCCN(c3nnc(C4CC4)s3)[C@@H]2C1. The van der Waals surface area contributed by atoms with Crippen LogP contribution in [-0.4, -0.2) is 35.5 Å². The van der Waals surface area contributed by atoms with Crippen molar-refractivity contribution in [3.8, 4) is 0 Å². The molecule has 0 radical (unpaired) electrons. The van der Waals surface area contributed by atoms with Gasteiger partial charge in [0.15, 0.2) is 0 Å². The standard InChI is InChI=1S/C13H19N3OS/c1-2-4-11-10(3-1)16(7-8-17-11)13-15-14-12(18-13)9-5-6-9/h9-11H,1-8H2/t10-,11-/m1/s1. The Hall–Kier alpha value is -0.680. The molecular weight excluding hydrogens is 246 g/mol. The van der Waals surface area contributed by atoms with Gasteiger partial charge in [0.25, 0.3) is 0 Å².